The lowest BCUT2D eigenvalue weighted by Crippen LogP contribution is -2.01. The molecule has 11 heteroatoms. The van der Waals surface area contributed by atoms with Crippen molar-refractivity contribution in [3.63, 3.8) is 0 Å². The van der Waals surface area contributed by atoms with E-state index in [0.29, 0.717) is 22.2 Å². The Hall–Kier alpha value is -3.89. The van der Waals surface area contributed by atoms with Crippen molar-refractivity contribution in [1.82, 2.24) is 4.98 Å². The number of hydrogen-bond acceptors (Lipinski definition) is 7. The number of carboxylic acid groups (broad SMARTS) is 2. The summed E-state index contributed by atoms with van der Waals surface area (Å²) in [5.41, 5.74) is 0.517. The molecule has 0 bridgehead atoms. The quantitative estimate of drug-likeness (QED) is 0.0454. The zero-order valence-electron chi connectivity index (χ0n) is 27.7. The summed E-state index contributed by atoms with van der Waals surface area (Å²) < 4.78 is 5.60. The van der Waals surface area contributed by atoms with Gasteiger partial charge in [-0.2, -0.15) is 0 Å². The Morgan fingerprint density at radius 2 is 1.46 bits per heavy atom. The maximum Gasteiger partial charge on any atom is 0.338 e. The van der Waals surface area contributed by atoms with Crippen LogP contribution in [0.4, 0.5) is 5.69 Å². The molecule has 2 aromatic carbocycles. The summed E-state index contributed by atoms with van der Waals surface area (Å²) >= 11 is 7.08. The fourth-order valence-electron chi connectivity index (χ4n) is 4.80. The van der Waals surface area contributed by atoms with Crippen LogP contribution in [0, 0.1) is 10.1 Å². The SMILES string of the molecule is CCCCCCCCCCCCCCCCOc1ccc(C=CC(=O)O)cc1[N+](=O)[O-].O=C(O)c1cccnc1Sc1ccc(Cl)cc1. The molecule has 9 nitrogen and oxygen atoms in total. The van der Waals surface area contributed by atoms with Crippen molar-refractivity contribution >= 4 is 47.1 Å². The van der Waals surface area contributed by atoms with Crippen LogP contribution in [0.5, 0.6) is 5.75 Å². The van der Waals surface area contributed by atoms with E-state index in [0.717, 1.165) is 23.8 Å². The number of nitro groups is 1. The number of pyridine rings is 1. The van der Waals surface area contributed by atoms with Crippen molar-refractivity contribution in [2.24, 2.45) is 0 Å². The molecular formula is C37H47ClN2O7S. The summed E-state index contributed by atoms with van der Waals surface area (Å²) in [6, 6.07) is 14.8. The first-order chi connectivity index (χ1) is 23.2. The predicted octanol–water partition coefficient (Wildman–Crippen LogP) is 11.1. The van der Waals surface area contributed by atoms with Crippen LogP contribution in [0.2, 0.25) is 5.02 Å². The van der Waals surface area contributed by atoms with Crippen molar-refractivity contribution in [3.05, 3.63) is 93.1 Å². The molecule has 0 unspecified atom stereocenters. The number of rotatable bonds is 22. The van der Waals surface area contributed by atoms with E-state index in [-0.39, 0.29) is 17.0 Å². The predicted molar refractivity (Wildman–Crippen MR) is 192 cm³/mol. The molecule has 2 N–H and O–H groups in total. The number of halogens is 1. The third-order valence-electron chi connectivity index (χ3n) is 7.38. The number of carbonyl (C=O) groups is 2. The molecule has 0 atom stereocenters. The van der Waals surface area contributed by atoms with Gasteiger partial charge < -0.3 is 14.9 Å². The number of nitrogens with zero attached hydrogens (tertiary/aromatic N) is 2. The van der Waals surface area contributed by atoms with E-state index in [1.807, 2.05) is 12.1 Å². The Kier molecular flexibility index (Phi) is 20.4. The molecule has 1 aromatic heterocycles. The van der Waals surface area contributed by atoms with E-state index in [9.17, 15) is 19.7 Å². The van der Waals surface area contributed by atoms with Crippen LogP contribution in [-0.4, -0.2) is 38.7 Å². The highest BCUT2D eigenvalue weighted by Crippen LogP contribution is 2.30. The number of nitro benzene ring substituents is 1. The van der Waals surface area contributed by atoms with Gasteiger partial charge in [-0.15, -0.1) is 0 Å². The van der Waals surface area contributed by atoms with Gasteiger partial charge in [0, 0.05) is 28.3 Å². The van der Waals surface area contributed by atoms with Crippen molar-refractivity contribution in [3.8, 4) is 5.75 Å². The molecule has 260 valence electrons. The molecule has 0 aliphatic carbocycles. The Balaban J connectivity index is 0.000000393. The molecule has 0 radical (unpaired) electrons. The van der Waals surface area contributed by atoms with E-state index >= 15 is 0 Å². The van der Waals surface area contributed by atoms with Crippen molar-refractivity contribution in [1.29, 1.82) is 0 Å². The minimum absolute atomic E-state index is 0.141. The minimum atomic E-state index is -1.10. The third-order valence-corrected chi connectivity index (χ3v) is 8.66. The Labute approximate surface area is 292 Å². The zero-order valence-corrected chi connectivity index (χ0v) is 29.2. The molecule has 3 aromatic rings. The van der Waals surface area contributed by atoms with Crippen molar-refractivity contribution in [2.75, 3.05) is 6.61 Å². The molecule has 1 heterocycles. The average molecular weight is 699 g/mol. The zero-order chi connectivity index (χ0) is 35.0. The summed E-state index contributed by atoms with van der Waals surface area (Å²) in [6.45, 7) is 2.70. The maximum absolute atomic E-state index is 11.3. The molecule has 0 saturated carbocycles. The summed E-state index contributed by atoms with van der Waals surface area (Å²) in [5.74, 6) is -1.84. The normalized spacial score (nSPS) is 10.8. The van der Waals surface area contributed by atoms with Gasteiger partial charge in [0.15, 0.2) is 5.75 Å². The van der Waals surface area contributed by atoms with E-state index in [2.05, 4.69) is 11.9 Å². The molecule has 0 amide bonds. The van der Waals surface area contributed by atoms with Gasteiger partial charge in [-0.05, 0) is 60.5 Å². The Bertz CT molecular complexity index is 1430. The van der Waals surface area contributed by atoms with Crippen LogP contribution >= 0.6 is 23.4 Å². The topological polar surface area (TPSA) is 140 Å². The molecular weight excluding hydrogens is 652 g/mol. The smallest absolute Gasteiger partial charge is 0.338 e. The van der Waals surface area contributed by atoms with E-state index in [4.69, 9.17) is 26.6 Å². The van der Waals surface area contributed by atoms with Crippen molar-refractivity contribution in [2.45, 2.75) is 107 Å². The number of aromatic nitrogens is 1. The number of hydrogen-bond donors (Lipinski definition) is 2. The molecule has 0 aliphatic rings. The largest absolute Gasteiger partial charge is 0.487 e. The minimum Gasteiger partial charge on any atom is -0.487 e. The Morgan fingerprint density at radius 1 is 0.875 bits per heavy atom. The molecule has 3 rings (SSSR count). The van der Waals surface area contributed by atoms with Gasteiger partial charge in [-0.1, -0.05) is 120 Å². The van der Waals surface area contributed by atoms with Gasteiger partial charge in [0.2, 0.25) is 0 Å². The van der Waals surface area contributed by atoms with Crippen LogP contribution in [0.3, 0.4) is 0 Å². The number of carboxylic acids is 2. The number of aliphatic carboxylic acids is 1. The lowest BCUT2D eigenvalue weighted by Gasteiger charge is -2.07. The summed E-state index contributed by atoms with van der Waals surface area (Å²) in [7, 11) is 0. The summed E-state index contributed by atoms with van der Waals surface area (Å²) in [4.78, 5) is 37.3. The fraction of sp³-hybridized carbons (Fsp3) is 0.432. The van der Waals surface area contributed by atoms with E-state index in [1.54, 1.807) is 30.5 Å². The first-order valence-corrected chi connectivity index (χ1v) is 17.8. The molecule has 48 heavy (non-hydrogen) atoms. The van der Waals surface area contributed by atoms with Gasteiger partial charge in [0.05, 0.1) is 17.1 Å². The monoisotopic (exact) mass is 698 g/mol. The van der Waals surface area contributed by atoms with Gasteiger partial charge in [-0.25, -0.2) is 14.6 Å². The lowest BCUT2D eigenvalue weighted by molar-refractivity contribution is -0.385. The van der Waals surface area contributed by atoms with Crippen LogP contribution in [0.1, 0.15) is 113 Å². The van der Waals surface area contributed by atoms with E-state index < -0.39 is 16.9 Å². The first kappa shape index (κ1) is 40.3. The maximum atomic E-state index is 11.3. The average Bonchev–Trinajstić information content (AvgIpc) is 3.07. The van der Waals surface area contributed by atoms with Crippen LogP contribution in [0.25, 0.3) is 6.08 Å². The van der Waals surface area contributed by atoms with Gasteiger partial charge in [-0.3, -0.25) is 10.1 Å². The molecule has 0 saturated heterocycles. The second-order valence-corrected chi connectivity index (χ2v) is 12.8. The van der Waals surface area contributed by atoms with Crippen molar-refractivity contribution < 1.29 is 29.5 Å². The summed E-state index contributed by atoms with van der Waals surface area (Å²) in [6.07, 6.45) is 21.7. The van der Waals surface area contributed by atoms with Gasteiger partial charge >= 0.3 is 17.6 Å². The third kappa shape index (κ3) is 17.3. The standard InChI is InChI=1S/C25H39NO5.C12H8ClNO2S/c1-2-3-4-5-6-7-8-9-10-11-12-13-14-15-20-31-24-18-16-22(17-19-25(27)28)21-23(24)26(29)30;13-8-3-5-9(6-4-8)17-11-10(12(15)16)2-1-7-14-11/h16-19,21H,2-15,20H2,1H3,(H,27,28);1-7H,(H,15,16). The highest BCUT2D eigenvalue weighted by molar-refractivity contribution is 7.99. The van der Waals surface area contributed by atoms with Gasteiger partial charge in [0.1, 0.15) is 5.03 Å². The second-order valence-electron chi connectivity index (χ2n) is 11.3. The first-order valence-electron chi connectivity index (χ1n) is 16.6. The number of unbranched alkanes of at least 4 members (excludes halogenated alkanes) is 13. The summed E-state index contributed by atoms with van der Waals surface area (Å²) in [5, 5.41) is 30.1. The highest BCUT2D eigenvalue weighted by atomic mass is 35.5. The van der Waals surface area contributed by atoms with Gasteiger partial charge in [0.25, 0.3) is 0 Å². The highest BCUT2D eigenvalue weighted by Gasteiger charge is 2.15. The second kappa shape index (κ2) is 24.3. The molecule has 0 aliphatic heterocycles. The van der Waals surface area contributed by atoms with Crippen LogP contribution < -0.4 is 4.74 Å². The number of benzene rings is 2. The molecule has 0 spiro atoms. The fourth-order valence-corrected chi connectivity index (χ4v) is 5.80. The number of aromatic carboxylic acids is 1. The van der Waals surface area contributed by atoms with E-state index in [1.165, 1.54) is 113 Å². The van der Waals surface area contributed by atoms with Crippen LogP contribution in [0.15, 0.2) is 76.8 Å². The molecule has 0 fully saturated rings. The Morgan fingerprint density at radius 3 is 2.00 bits per heavy atom. The number of ether oxygens (including phenoxy) is 1. The lowest BCUT2D eigenvalue weighted by atomic mass is 10.0. The van der Waals surface area contributed by atoms with Crippen LogP contribution in [-0.2, 0) is 4.79 Å².